The molecule has 1 N–H and O–H groups in total. The molecule has 5 nitrogen and oxygen atoms in total. The molecule has 0 bridgehead atoms. The number of hydrogen-bond donors (Lipinski definition) is 1. The molecule has 0 spiro atoms. The molecule has 1 aliphatic heterocycles. The van der Waals surface area contributed by atoms with E-state index in [1.165, 1.54) is 16.4 Å². The number of rotatable bonds is 3. The van der Waals surface area contributed by atoms with Gasteiger partial charge in [-0.05, 0) is 49.4 Å². The molecule has 2 rings (SSSR count). The molecule has 1 fully saturated rings. The summed E-state index contributed by atoms with van der Waals surface area (Å²) in [5.74, 6) is -2.21. The molecule has 1 heterocycles. The first-order valence-electron chi connectivity index (χ1n) is 7.12. The number of halogens is 1. The van der Waals surface area contributed by atoms with Gasteiger partial charge < -0.3 is 5.11 Å². The molecular weight excluding hydrogens is 309 g/mol. The Morgan fingerprint density at radius 2 is 1.82 bits per heavy atom. The van der Waals surface area contributed by atoms with Gasteiger partial charge in [0.25, 0.3) is 0 Å². The third-order valence-electron chi connectivity index (χ3n) is 4.00. The van der Waals surface area contributed by atoms with Gasteiger partial charge in [-0.3, -0.25) is 4.79 Å². The summed E-state index contributed by atoms with van der Waals surface area (Å²) in [5, 5.41) is 9.18. The summed E-state index contributed by atoms with van der Waals surface area (Å²) in [7, 11) is -3.84. The van der Waals surface area contributed by atoms with E-state index in [4.69, 9.17) is 0 Å². The third kappa shape index (κ3) is 3.15. The SMILES string of the molecule is Cc1cc(F)cc(C)c1S(=O)(=O)N1CC(C)CC(C(=O)O)C1. The highest BCUT2D eigenvalue weighted by atomic mass is 32.2. The van der Waals surface area contributed by atoms with Gasteiger partial charge in [0.2, 0.25) is 10.0 Å². The molecule has 122 valence electrons. The molecule has 1 aromatic rings. The quantitative estimate of drug-likeness (QED) is 0.922. The summed E-state index contributed by atoms with van der Waals surface area (Å²) in [4.78, 5) is 11.3. The van der Waals surface area contributed by atoms with Crippen LogP contribution in [-0.2, 0) is 14.8 Å². The zero-order valence-corrected chi connectivity index (χ0v) is 13.7. The molecule has 1 aromatic carbocycles. The first-order chi connectivity index (χ1) is 10.1. The van der Waals surface area contributed by atoms with Crippen molar-refractivity contribution in [3.8, 4) is 0 Å². The normalized spacial score (nSPS) is 23.5. The molecule has 0 radical (unpaired) electrons. The second kappa shape index (κ2) is 5.96. The molecule has 0 saturated carbocycles. The molecule has 7 heteroatoms. The molecular formula is C15H20FNO4S. The van der Waals surface area contributed by atoms with E-state index in [1.807, 2.05) is 6.92 Å². The second-order valence-electron chi connectivity index (χ2n) is 6.07. The van der Waals surface area contributed by atoms with Crippen LogP contribution in [0.15, 0.2) is 17.0 Å². The maximum Gasteiger partial charge on any atom is 0.307 e. The lowest BCUT2D eigenvalue weighted by Gasteiger charge is -2.34. The summed E-state index contributed by atoms with van der Waals surface area (Å²) in [6.07, 6.45) is 0.461. The fraction of sp³-hybridized carbons (Fsp3) is 0.533. The van der Waals surface area contributed by atoms with Crippen molar-refractivity contribution in [2.45, 2.75) is 32.1 Å². The van der Waals surface area contributed by atoms with Crippen LogP contribution in [0.3, 0.4) is 0 Å². The minimum atomic E-state index is -3.84. The lowest BCUT2D eigenvalue weighted by molar-refractivity contribution is -0.143. The first-order valence-corrected chi connectivity index (χ1v) is 8.56. The van der Waals surface area contributed by atoms with Gasteiger partial charge in [0.05, 0.1) is 10.8 Å². The van der Waals surface area contributed by atoms with Crippen LogP contribution in [0.25, 0.3) is 0 Å². The Morgan fingerprint density at radius 3 is 2.32 bits per heavy atom. The van der Waals surface area contributed by atoms with Gasteiger partial charge in [-0.2, -0.15) is 4.31 Å². The largest absolute Gasteiger partial charge is 0.481 e. The van der Waals surface area contributed by atoms with Crippen LogP contribution in [0, 0.1) is 31.5 Å². The fourth-order valence-electron chi connectivity index (χ4n) is 3.11. The molecule has 22 heavy (non-hydrogen) atoms. The third-order valence-corrected chi connectivity index (χ3v) is 6.14. The monoisotopic (exact) mass is 329 g/mol. The Balaban J connectivity index is 2.44. The highest BCUT2D eigenvalue weighted by Crippen LogP contribution is 2.30. The van der Waals surface area contributed by atoms with Crippen LogP contribution in [0.1, 0.15) is 24.5 Å². The first kappa shape index (κ1) is 16.9. The number of carboxylic acids is 1. The van der Waals surface area contributed by atoms with Crippen LogP contribution in [0.5, 0.6) is 0 Å². The Bertz CT molecular complexity index is 678. The number of benzene rings is 1. The number of sulfonamides is 1. The van der Waals surface area contributed by atoms with Gasteiger partial charge >= 0.3 is 5.97 Å². The van der Waals surface area contributed by atoms with Crippen molar-refractivity contribution < 1.29 is 22.7 Å². The minimum absolute atomic E-state index is 0.0364. The zero-order valence-electron chi connectivity index (χ0n) is 12.8. The smallest absolute Gasteiger partial charge is 0.307 e. The Kier molecular flexibility index (Phi) is 4.58. The second-order valence-corrected chi connectivity index (χ2v) is 7.94. The van der Waals surface area contributed by atoms with Crippen molar-refractivity contribution in [3.05, 3.63) is 29.1 Å². The summed E-state index contributed by atoms with van der Waals surface area (Å²) < 4.78 is 40.3. The number of hydrogen-bond acceptors (Lipinski definition) is 3. The maximum atomic E-state index is 13.4. The van der Waals surface area contributed by atoms with E-state index in [9.17, 15) is 22.7 Å². The van der Waals surface area contributed by atoms with Crippen LogP contribution in [0.4, 0.5) is 4.39 Å². The van der Waals surface area contributed by atoms with Crippen molar-refractivity contribution in [2.75, 3.05) is 13.1 Å². The van der Waals surface area contributed by atoms with E-state index in [1.54, 1.807) is 13.8 Å². The minimum Gasteiger partial charge on any atom is -0.481 e. The predicted octanol–water partition coefficient (Wildman–Crippen LogP) is 2.17. The molecule has 2 unspecified atom stereocenters. The summed E-state index contributed by atoms with van der Waals surface area (Å²) >= 11 is 0. The summed E-state index contributed by atoms with van der Waals surface area (Å²) in [6.45, 7) is 5.17. The molecule has 2 atom stereocenters. The molecule has 0 amide bonds. The van der Waals surface area contributed by atoms with E-state index in [2.05, 4.69) is 0 Å². The number of piperidine rings is 1. The standard InChI is InChI=1S/C15H20FNO4S/c1-9-4-12(15(18)19)8-17(7-9)22(20,21)14-10(2)5-13(16)6-11(14)3/h5-6,9,12H,4,7-8H2,1-3H3,(H,18,19). The molecule has 1 aliphatic rings. The topological polar surface area (TPSA) is 74.7 Å². The number of aliphatic carboxylic acids is 1. The number of nitrogens with zero attached hydrogens (tertiary/aromatic N) is 1. The van der Waals surface area contributed by atoms with Crippen LogP contribution in [0.2, 0.25) is 0 Å². The Morgan fingerprint density at radius 1 is 1.27 bits per heavy atom. The molecule has 0 aromatic heterocycles. The van der Waals surface area contributed by atoms with Gasteiger partial charge in [0, 0.05) is 13.1 Å². The zero-order chi connectivity index (χ0) is 16.7. The van der Waals surface area contributed by atoms with Crippen LogP contribution < -0.4 is 0 Å². The van der Waals surface area contributed by atoms with Gasteiger partial charge in [-0.15, -0.1) is 0 Å². The lowest BCUT2D eigenvalue weighted by atomic mass is 9.92. The van der Waals surface area contributed by atoms with E-state index in [0.717, 1.165) is 0 Å². The van der Waals surface area contributed by atoms with E-state index in [-0.39, 0.29) is 23.9 Å². The van der Waals surface area contributed by atoms with Crippen molar-refractivity contribution in [1.29, 1.82) is 0 Å². The average Bonchev–Trinajstić information content (AvgIpc) is 2.36. The van der Waals surface area contributed by atoms with Crippen molar-refractivity contribution >= 4 is 16.0 Å². The van der Waals surface area contributed by atoms with Crippen LogP contribution >= 0.6 is 0 Å². The summed E-state index contributed by atoms with van der Waals surface area (Å²) in [5.41, 5.74) is 0.671. The summed E-state index contributed by atoms with van der Waals surface area (Å²) in [6, 6.07) is 2.36. The van der Waals surface area contributed by atoms with Gasteiger partial charge in [0.15, 0.2) is 0 Å². The lowest BCUT2D eigenvalue weighted by Crippen LogP contribution is -2.45. The highest BCUT2D eigenvalue weighted by molar-refractivity contribution is 7.89. The molecule has 1 saturated heterocycles. The number of aryl methyl sites for hydroxylation is 2. The van der Waals surface area contributed by atoms with Crippen LogP contribution in [-0.4, -0.2) is 36.9 Å². The van der Waals surface area contributed by atoms with E-state index in [0.29, 0.717) is 17.5 Å². The Labute approximate surface area is 129 Å². The predicted molar refractivity (Wildman–Crippen MR) is 79.5 cm³/mol. The van der Waals surface area contributed by atoms with E-state index >= 15 is 0 Å². The van der Waals surface area contributed by atoms with E-state index < -0.39 is 27.7 Å². The average molecular weight is 329 g/mol. The van der Waals surface area contributed by atoms with Crippen molar-refractivity contribution in [2.24, 2.45) is 11.8 Å². The highest BCUT2D eigenvalue weighted by Gasteiger charge is 2.37. The molecule has 0 aliphatic carbocycles. The van der Waals surface area contributed by atoms with Gasteiger partial charge in [-0.25, -0.2) is 12.8 Å². The Hall–Kier alpha value is -1.47. The number of carboxylic acid groups (broad SMARTS) is 1. The van der Waals surface area contributed by atoms with Gasteiger partial charge in [-0.1, -0.05) is 6.92 Å². The number of carbonyl (C=O) groups is 1. The van der Waals surface area contributed by atoms with Crippen molar-refractivity contribution in [1.82, 2.24) is 4.31 Å². The van der Waals surface area contributed by atoms with Gasteiger partial charge in [0.1, 0.15) is 5.82 Å². The maximum absolute atomic E-state index is 13.4. The van der Waals surface area contributed by atoms with Crippen molar-refractivity contribution in [3.63, 3.8) is 0 Å². The fourth-order valence-corrected chi connectivity index (χ4v) is 5.13.